The highest BCUT2D eigenvalue weighted by atomic mass is 35.5. The van der Waals surface area contributed by atoms with Crippen LogP contribution in [0.15, 0.2) is 53.0 Å². The summed E-state index contributed by atoms with van der Waals surface area (Å²) in [5.41, 5.74) is 4.33. The summed E-state index contributed by atoms with van der Waals surface area (Å²) in [5, 5.41) is 13.8. The summed E-state index contributed by atoms with van der Waals surface area (Å²) in [6.07, 6.45) is 0. The Hall–Kier alpha value is -1.86. The minimum absolute atomic E-state index is 0.509. The zero-order valence-corrected chi connectivity index (χ0v) is 19.0. The highest BCUT2D eigenvalue weighted by molar-refractivity contribution is 7.98. The van der Waals surface area contributed by atoms with E-state index in [2.05, 4.69) is 58.3 Å². The average molecular weight is 461 g/mol. The van der Waals surface area contributed by atoms with Gasteiger partial charge in [0, 0.05) is 28.8 Å². The van der Waals surface area contributed by atoms with Gasteiger partial charge in [0.05, 0.1) is 15.7 Å². The molecular formula is C21H18Cl2N4S2. The van der Waals surface area contributed by atoms with Gasteiger partial charge in [-0.25, -0.2) is 4.98 Å². The smallest absolute Gasteiger partial charge is 0.191 e. The predicted molar refractivity (Wildman–Crippen MR) is 123 cm³/mol. The van der Waals surface area contributed by atoms with Gasteiger partial charge in [-0.1, -0.05) is 64.8 Å². The maximum atomic E-state index is 6.17. The van der Waals surface area contributed by atoms with Crippen LogP contribution in [0.25, 0.3) is 22.0 Å². The van der Waals surface area contributed by atoms with Crippen LogP contribution in [-0.4, -0.2) is 19.7 Å². The zero-order valence-electron chi connectivity index (χ0n) is 15.9. The standard InChI is InChI=1S/C21H18Cl2N4S2/c1-3-27-19(15-8-9-17(22)18(23)10-15)25-26-21(27)29-12-16-11-28-20(24-16)14-6-4-13(2)5-7-14/h4-11H,3,12H2,1-2H3. The first-order valence-electron chi connectivity index (χ1n) is 9.08. The van der Waals surface area contributed by atoms with Crippen molar-refractivity contribution in [3.8, 4) is 22.0 Å². The molecule has 29 heavy (non-hydrogen) atoms. The maximum Gasteiger partial charge on any atom is 0.191 e. The Morgan fingerprint density at radius 1 is 1.00 bits per heavy atom. The van der Waals surface area contributed by atoms with Crippen molar-refractivity contribution in [3.05, 3.63) is 69.1 Å². The molecule has 0 saturated heterocycles. The first-order chi connectivity index (χ1) is 14.0. The van der Waals surface area contributed by atoms with E-state index in [1.54, 1.807) is 29.2 Å². The van der Waals surface area contributed by atoms with Crippen LogP contribution >= 0.6 is 46.3 Å². The van der Waals surface area contributed by atoms with Crippen molar-refractivity contribution < 1.29 is 0 Å². The van der Waals surface area contributed by atoms with Crippen molar-refractivity contribution in [3.63, 3.8) is 0 Å². The molecule has 0 radical (unpaired) electrons. The summed E-state index contributed by atoms with van der Waals surface area (Å²) in [7, 11) is 0. The molecule has 0 atom stereocenters. The highest BCUT2D eigenvalue weighted by Crippen LogP contribution is 2.31. The number of aromatic nitrogens is 4. The first-order valence-corrected chi connectivity index (χ1v) is 11.7. The average Bonchev–Trinajstić information content (AvgIpc) is 3.35. The van der Waals surface area contributed by atoms with E-state index in [0.29, 0.717) is 10.0 Å². The van der Waals surface area contributed by atoms with Gasteiger partial charge in [-0.2, -0.15) is 0 Å². The molecule has 8 heteroatoms. The van der Waals surface area contributed by atoms with Crippen molar-refractivity contribution >= 4 is 46.3 Å². The van der Waals surface area contributed by atoms with Gasteiger partial charge in [-0.3, -0.25) is 0 Å². The van der Waals surface area contributed by atoms with Gasteiger partial charge < -0.3 is 4.57 Å². The molecule has 0 saturated carbocycles. The Morgan fingerprint density at radius 2 is 1.76 bits per heavy atom. The van der Waals surface area contributed by atoms with Crippen LogP contribution in [0.3, 0.4) is 0 Å². The first kappa shape index (κ1) is 20.4. The normalized spacial score (nSPS) is 11.2. The summed E-state index contributed by atoms with van der Waals surface area (Å²) in [6, 6.07) is 14.0. The topological polar surface area (TPSA) is 43.6 Å². The number of thiazole rings is 1. The third-order valence-corrected chi connectivity index (χ3v) is 7.09. The molecule has 0 amide bonds. The number of thioether (sulfide) groups is 1. The summed E-state index contributed by atoms with van der Waals surface area (Å²) in [4.78, 5) is 4.78. The fourth-order valence-corrected chi connectivity index (χ4v) is 4.99. The van der Waals surface area contributed by atoms with Crippen molar-refractivity contribution in [2.24, 2.45) is 0 Å². The van der Waals surface area contributed by atoms with E-state index in [4.69, 9.17) is 28.2 Å². The lowest BCUT2D eigenvalue weighted by atomic mass is 10.2. The molecule has 148 valence electrons. The lowest BCUT2D eigenvalue weighted by Gasteiger charge is -2.07. The summed E-state index contributed by atoms with van der Waals surface area (Å²) in [6.45, 7) is 4.92. The molecule has 0 unspecified atom stereocenters. The SMILES string of the molecule is CCn1c(SCc2csc(-c3ccc(C)cc3)n2)nnc1-c1ccc(Cl)c(Cl)c1. The third-order valence-electron chi connectivity index (χ3n) is 4.41. The number of halogens is 2. The molecule has 2 aromatic heterocycles. The van der Waals surface area contributed by atoms with E-state index in [1.165, 1.54) is 5.56 Å². The number of aryl methyl sites for hydroxylation is 1. The summed E-state index contributed by atoms with van der Waals surface area (Å²) in [5.74, 6) is 1.52. The number of benzene rings is 2. The molecule has 0 aliphatic heterocycles. The molecule has 0 spiro atoms. The van der Waals surface area contributed by atoms with Crippen LogP contribution in [-0.2, 0) is 12.3 Å². The van der Waals surface area contributed by atoms with E-state index in [-0.39, 0.29) is 0 Å². The predicted octanol–water partition coefficient (Wildman–Crippen LogP) is 7.00. The Kier molecular flexibility index (Phi) is 6.25. The second-order valence-corrected chi connectivity index (χ2v) is 9.09. The van der Waals surface area contributed by atoms with Gasteiger partial charge in [0.25, 0.3) is 0 Å². The van der Waals surface area contributed by atoms with E-state index in [9.17, 15) is 0 Å². The van der Waals surface area contributed by atoms with Gasteiger partial charge in [-0.15, -0.1) is 21.5 Å². The number of hydrogen-bond donors (Lipinski definition) is 0. The molecule has 0 fully saturated rings. The summed E-state index contributed by atoms with van der Waals surface area (Å²) >= 11 is 15.5. The lowest BCUT2D eigenvalue weighted by Crippen LogP contribution is -2.00. The quantitative estimate of drug-likeness (QED) is 0.290. The Balaban J connectivity index is 1.51. The largest absolute Gasteiger partial charge is 0.302 e. The zero-order chi connectivity index (χ0) is 20.4. The van der Waals surface area contributed by atoms with E-state index < -0.39 is 0 Å². The Labute approximate surface area is 187 Å². The van der Waals surface area contributed by atoms with Gasteiger partial charge >= 0.3 is 0 Å². The Morgan fingerprint density at radius 3 is 2.48 bits per heavy atom. The van der Waals surface area contributed by atoms with Crippen molar-refractivity contribution in [2.75, 3.05) is 0 Å². The van der Waals surface area contributed by atoms with Crippen molar-refractivity contribution in [2.45, 2.75) is 31.3 Å². The molecular weight excluding hydrogens is 443 g/mol. The van der Waals surface area contributed by atoms with Gasteiger partial charge in [0.15, 0.2) is 11.0 Å². The molecule has 2 aromatic carbocycles. The van der Waals surface area contributed by atoms with Gasteiger partial charge in [0.2, 0.25) is 0 Å². The minimum Gasteiger partial charge on any atom is -0.302 e. The fraction of sp³-hybridized carbons (Fsp3) is 0.190. The second-order valence-electron chi connectivity index (χ2n) is 6.48. The second kappa shape index (κ2) is 8.88. The van der Waals surface area contributed by atoms with Crippen molar-refractivity contribution in [1.29, 1.82) is 0 Å². The van der Waals surface area contributed by atoms with E-state index >= 15 is 0 Å². The van der Waals surface area contributed by atoms with Crippen LogP contribution in [0.1, 0.15) is 18.2 Å². The van der Waals surface area contributed by atoms with Crippen LogP contribution in [0.4, 0.5) is 0 Å². The molecule has 0 aliphatic carbocycles. The summed E-state index contributed by atoms with van der Waals surface area (Å²) < 4.78 is 2.08. The van der Waals surface area contributed by atoms with Crippen LogP contribution in [0.2, 0.25) is 10.0 Å². The third kappa shape index (κ3) is 4.51. The molecule has 2 heterocycles. The van der Waals surface area contributed by atoms with E-state index in [1.807, 2.05) is 12.1 Å². The molecule has 4 aromatic rings. The van der Waals surface area contributed by atoms with Gasteiger partial charge in [-0.05, 0) is 32.0 Å². The van der Waals surface area contributed by atoms with Crippen LogP contribution in [0.5, 0.6) is 0 Å². The van der Waals surface area contributed by atoms with Gasteiger partial charge in [0.1, 0.15) is 5.01 Å². The molecule has 0 aliphatic rings. The minimum atomic E-state index is 0.509. The lowest BCUT2D eigenvalue weighted by molar-refractivity contribution is 0.687. The van der Waals surface area contributed by atoms with E-state index in [0.717, 1.165) is 45.1 Å². The van der Waals surface area contributed by atoms with Crippen molar-refractivity contribution in [1.82, 2.24) is 19.7 Å². The number of hydrogen-bond acceptors (Lipinski definition) is 5. The monoisotopic (exact) mass is 460 g/mol. The van der Waals surface area contributed by atoms with Crippen LogP contribution in [0, 0.1) is 6.92 Å². The molecule has 4 rings (SSSR count). The molecule has 0 bridgehead atoms. The fourth-order valence-electron chi connectivity index (χ4n) is 2.87. The molecule has 4 nitrogen and oxygen atoms in total. The Bertz CT molecular complexity index is 1140. The van der Waals surface area contributed by atoms with Crippen LogP contribution < -0.4 is 0 Å². The number of rotatable bonds is 6. The molecule has 0 N–H and O–H groups in total. The maximum absolute atomic E-state index is 6.17. The highest BCUT2D eigenvalue weighted by Gasteiger charge is 2.15. The number of nitrogens with zero attached hydrogens (tertiary/aromatic N) is 4.